The number of rotatable bonds is 4. The van der Waals surface area contributed by atoms with Gasteiger partial charge in [0.05, 0.1) is 12.1 Å². The molecule has 2 aliphatic rings. The van der Waals surface area contributed by atoms with Crippen LogP contribution in [0.4, 0.5) is 11.4 Å². The van der Waals surface area contributed by atoms with E-state index in [0.717, 1.165) is 6.54 Å². The Morgan fingerprint density at radius 3 is 2.85 bits per heavy atom. The third-order valence-corrected chi connectivity index (χ3v) is 6.52. The molecule has 1 saturated carbocycles. The van der Waals surface area contributed by atoms with Gasteiger partial charge in [0.2, 0.25) is 0 Å². The van der Waals surface area contributed by atoms with Gasteiger partial charge in [-0.15, -0.1) is 0 Å². The van der Waals surface area contributed by atoms with Crippen LogP contribution in [0.1, 0.15) is 42.3 Å². The number of hydrogen-bond donors (Lipinski definition) is 2. The van der Waals surface area contributed by atoms with Crippen LogP contribution in [0.2, 0.25) is 0 Å². The molecule has 2 N–H and O–H groups in total. The normalized spacial score (nSPS) is 23.4. The number of benzene rings is 2. The quantitative estimate of drug-likeness (QED) is 0.527. The third kappa shape index (κ3) is 3.27. The number of hydrogen-bond acceptors (Lipinski definition) is 2. The number of aromatic nitrogens is 1. The summed E-state index contributed by atoms with van der Waals surface area (Å²) in [7, 11) is 0. The van der Waals surface area contributed by atoms with E-state index in [1.165, 1.54) is 46.2 Å². The summed E-state index contributed by atoms with van der Waals surface area (Å²) in [6.45, 7) is 0.860. The third-order valence-electron chi connectivity index (χ3n) is 6.03. The van der Waals surface area contributed by atoms with Gasteiger partial charge in [0.25, 0.3) is 0 Å². The fraction of sp³-hybridized carbons (Fsp3) is 0.304. The van der Waals surface area contributed by atoms with E-state index in [1.54, 1.807) is 0 Å². The summed E-state index contributed by atoms with van der Waals surface area (Å²) in [4.78, 5) is 0. The summed E-state index contributed by atoms with van der Waals surface area (Å²) in [5.41, 5.74) is 5.30. The first-order valence-electron chi connectivity index (χ1n) is 9.79. The molecular weight excluding hydrogens is 398 g/mol. The molecule has 1 aliphatic carbocycles. The molecule has 3 unspecified atom stereocenters. The summed E-state index contributed by atoms with van der Waals surface area (Å²) in [5.74, 6) is 0.615. The van der Waals surface area contributed by atoms with Crippen LogP contribution >= 0.6 is 15.9 Å². The van der Waals surface area contributed by atoms with Gasteiger partial charge in [-0.05, 0) is 60.4 Å². The molecule has 0 amide bonds. The first-order chi connectivity index (χ1) is 13.3. The van der Waals surface area contributed by atoms with Gasteiger partial charge in [-0.1, -0.05) is 40.5 Å². The van der Waals surface area contributed by atoms with Crippen LogP contribution < -0.4 is 10.6 Å². The van der Waals surface area contributed by atoms with Crippen LogP contribution in [0, 0.1) is 0 Å². The minimum absolute atomic E-state index is 0.491. The monoisotopic (exact) mass is 421 g/mol. The van der Waals surface area contributed by atoms with Crippen molar-refractivity contribution >= 4 is 27.3 Å². The molecule has 1 aliphatic heterocycles. The fourth-order valence-electron chi connectivity index (χ4n) is 4.74. The summed E-state index contributed by atoms with van der Waals surface area (Å²) >= 11 is 3.64. The number of halogens is 1. The van der Waals surface area contributed by atoms with Crippen LogP contribution in [-0.2, 0) is 6.54 Å². The average Bonchev–Trinajstić information content (AvgIpc) is 3.31. The Kier molecular flexibility index (Phi) is 4.44. The number of nitrogens with one attached hydrogen (secondary N) is 2. The number of fused-ring (bicyclic) bond motifs is 3. The zero-order valence-electron chi connectivity index (χ0n) is 15.2. The van der Waals surface area contributed by atoms with E-state index in [4.69, 9.17) is 0 Å². The Morgan fingerprint density at radius 2 is 1.96 bits per heavy atom. The maximum atomic E-state index is 3.82. The largest absolute Gasteiger partial charge is 0.381 e. The highest BCUT2D eigenvalue weighted by Gasteiger charge is 2.40. The van der Waals surface area contributed by atoms with Gasteiger partial charge < -0.3 is 15.2 Å². The molecule has 3 atom stereocenters. The standard InChI is InChI=1S/C23H24BrN3/c24-17-9-10-21-20(13-17)19-7-4-8-22(23(19)26-21)27-12-11-16(15-27)14-25-18-5-2-1-3-6-18/h1-3,5-6,9-13,15,19,22-23,25-26H,4,7-8,14H2. The van der Waals surface area contributed by atoms with Gasteiger partial charge in [-0.25, -0.2) is 0 Å². The van der Waals surface area contributed by atoms with E-state index in [-0.39, 0.29) is 0 Å². The maximum absolute atomic E-state index is 3.82. The van der Waals surface area contributed by atoms with Gasteiger partial charge >= 0.3 is 0 Å². The van der Waals surface area contributed by atoms with Gasteiger partial charge in [-0.2, -0.15) is 0 Å². The molecule has 0 radical (unpaired) electrons. The van der Waals surface area contributed by atoms with Crippen molar-refractivity contribution in [3.63, 3.8) is 0 Å². The summed E-state index contributed by atoms with van der Waals surface area (Å²) in [6, 6.07) is 20.3. The van der Waals surface area contributed by atoms with Gasteiger partial charge in [-0.3, -0.25) is 0 Å². The number of para-hydroxylation sites is 1. The lowest BCUT2D eigenvalue weighted by atomic mass is 9.79. The Bertz CT molecular complexity index is 934. The minimum atomic E-state index is 0.491. The zero-order valence-corrected chi connectivity index (χ0v) is 16.8. The average molecular weight is 422 g/mol. The maximum Gasteiger partial charge on any atom is 0.0538 e. The Hall–Kier alpha value is -2.20. The second kappa shape index (κ2) is 7.08. The lowest BCUT2D eigenvalue weighted by Crippen LogP contribution is -2.35. The second-order valence-corrected chi connectivity index (χ2v) is 8.61. The lowest BCUT2D eigenvalue weighted by Gasteiger charge is -2.35. The molecule has 2 aromatic carbocycles. The van der Waals surface area contributed by atoms with Crippen molar-refractivity contribution in [2.75, 3.05) is 10.6 Å². The van der Waals surface area contributed by atoms with E-state index >= 15 is 0 Å². The predicted octanol–water partition coefficient (Wildman–Crippen LogP) is 6.17. The van der Waals surface area contributed by atoms with Crippen molar-refractivity contribution in [1.82, 2.24) is 4.57 Å². The van der Waals surface area contributed by atoms with Crippen LogP contribution in [0.3, 0.4) is 0 Å². The molecule has 27 heavy (non-hydrogen) atoms. The number of nitrogens with zero attached hydrogens (tertiary/aromatic N) is 1. The van der Waals surface area contributed by atoms with E-state index < -0.39 is 0 Å². The van der Waals surface area contributed by atoms with Crippen molar-refractivity contribution in [3.8, 4) is 0 Å². The van der Waals surface area contributed by atoms with Crippen LogP contribution in [0.15, 0.2) is 71.5 Å². The van der Waals surface area contributed by atoms with E-state index in [0.29, 0.717) is 18.0 Å². The molecule has 4 heteroatoms. The van der Waals surface area contributed by atoms with E-state index in [2.05, 4.69) is 92.1 Å². The van der Waals surface area contributed by atoms with Gasteiger partial charge in [0.1, 0.15) is 0 Å². The highest BCUT2D eigenvalue weighted by Crippen LogP contribution is 2.48. The molecule has 5 rings (SSSR count). The van der Waals surface area contributed by atoms with Crippen molar-refractivity contribution in [2.45, 2.75) is 43.8 Å². The van der Waals surface area contributed by atoms with Crippen molar-refractivity contribution in [2.24, 2.45) is 0 Å². The molecule has 2 heterocycles. The second-order valence-electron chi connectivity index (χ2n) is 7.69. The summed E-state index contributed by atoms with van der Waals surface area (Å²) < 4.78 is 3.62. The smallest absolute Gasteiger partial charge is 0.0538 e. The molecule has 0 bridgehead atoms. The Labute approximate surface area is 168 Å². The predicted molar refractivity (Wildman–Crippen MR) is 115 cm³/mol. The Balaban J connectivity index is 1.33. The van der Waals surface area contributed by atoms with Gasteiger partial charge in [0.15, 0.2) is 0 Å². The van der Waals surface area contributed by atoms with E-state index in [9.17, 15) is 0 Å². The molecule has 138 valence electrons. The summed E-state index contributed by atoms with van der Waals surface area (Å²) in [6.07, 6.45) is 8.39. The first-order valence-corrected chi connectivity index (χ1v) is 10.6. The molecule has 3 aromatic rings. The van der Waals surface area contributed by atoms with Crippen LogP contribution in [0.5, 0.6) is 0 Å². The van der Waals surface area contributed by atoms with Crippen molar-refractivity contribution in [1.29, 1.82) is 0 Å². The van der Waals surface area contributed by atoms with Crippen LogP contribution in [-0.4, -0.2) is 10.6 Å². The van der Waals surface area contributed by atoms with Crippen molar-refractivity contribution < 1.29 is 0 Å². The lowest BCUT2D eigenvalue weighted by molar-refractivity contribution is 0.300. The highest BCUT2D eigenvalue weighted by molar-refractivity contribution is 9.10. The Morgan fingerprint density at radius 1 is 1.07 bits per heavy atom. The molecule has 0 saturated heterocycles. The SMILES string of the molecule is Brc1ccc2c(c1)C1CCCC(n3ccc(CNc4ccccc4)c3)C1N2. The topological polar surface area (TPSA) is 29.0 Å². The molecule has 1 aromatic heterocycles. The first kappa shape index (κ1) is 16.9. The fourth-order valence-corrected chi connectivity index (χ4v) is 5.11. The van der Waals surface area contributed by atoms with Gasteiger partial charge in [0, 0.05) is 40.7 Å². The molecular formula is C23H24BrN3. The molecule has 1 fully saturated rings. The van der Waals surface area contributed by atoms with E-state index in [1.807, 2.05) is 6.07 Å². The van der Waals surface area contributed by atoms with Crippen molar-refractivity contribution in [3.05, 3.63) is 82.6 Å². The highest BCUT2D eigenvalue weighted by atomic mass is 79.9. The molecule has 0 spiro atoms. The molecule has 3 nitrogen and oxygen atoms in total. The summed E-state index contributed by atoms with van der Waals surface area (Å²) in [5, 5.41) is 7.33. The zero-order chi connectivity index (χ0) is 18.2. The van der Waals surface area contributed by atoms with Crippen LogP contribution in [0.25, 0.3) is 0 Å². The number of anilines is 2. The minimum Gasteiger partial charge on any atom is -0.381 e.